The van der Waals surface area contributed by atoms with Gasteiger partial charge in [0, 0.05) is 12.1 Å². The van der Waals surface area contributed by atoms with Crippen LogP contribution >= 0.6 is 0 Å². The maximum atomic E-state index is 12.4. The Bertz CT molecular complexity index is 1010. The van der Waals surface area contributed by atoms with Crippen LogP contribution in [0.15, 0.2) is 77.0 Å². The van der Waals surface area contributed by atoms with Crippen LogP contribution in [0.3, 0.4) is 0 Å². The normalized spacial score (nSPS) is 10.7. The predicted molar refractivity (Wildman–Crippen MR) is 120 cm³/mol. The highest BCUT2D eigenvalue weighted by Crippen LogP contribution is 2.38. The Morgan fingerprint density at radius 2 is 1.39 bits per heavy atom. The van der Waals surface area contributed by atoms with Crippen molar-refractivity contribution in [2.45, 2.75) is 12.8 Å². The molecule has 0 aliphatic carbocycles. The molecule has 0 radical (unpaired) electrons. The van der Waals surface area contributed by atoms with Gasteiger partial charge >= 0.3 is 0 Å². The molecule has 0 aliphatic heterocycles. The third-order valence-corrected chi connectivity index (χ3v) is 4.55. The molecule has 0 heterocycles. The molecule has 0 aromatic heterocycles. The average Bonchev–Trinajstić information content (AvgIpc) is 2.82. The lowest BCUT2D eigenvalue weighted by molar-refractivity contribution is -0.116. The van der Waals surface area contributed by atoms with Gasteiger partial charge in [-0.1, -0.05) is 18.2 Å². The van der Waals surface area contributed by atoms with Crippen LogP contribution in [0, 0.1) is 0 Å². The zero-order chi connectivity index (χ0) is 22.1. The number of amides is 1. The Morgan fingerprint density at radius 3 is 1.94 bits per heavy atom. The number of carbonyl (C=O) groups excluding carboxylic acids is 1. The number of nitrogens with one attached hydrogen (secondary N) is 1. The largest absolute Gasteiger partial charge is 0.493 e. The van der Waals surface area contributed by atoms with E-state index in [4.69, 9.17) is 14.2 Å². The first-order chi connectivity index (χ1) is 15.1. The molecule has 0 saturated heterocycles. The standard InChI is InChI=1S/C24H25N3O4/c1-29-21-15-17(16-22(30-2)24(21)31-3)9-14-23(28)25-18-10-12-20(13-11-18)27-26-19-7-5-4-6-8-19/h4-8,10-13,15-16H,9,14H2,1-3H3,(H,25,28). The van der Waals surface area contributed by atoms with Crippen molar-refractivity contribution < 1.29 is 19.0 Å². The first kappa shape index (κ1) is 21.8. The van der Waals surface area contributed by atoms with E-state index in [0.29, 0.717) is 41.5 Å². The minimum absolute atomic E-state index is 0.0904. The fourth-order valence-electron chi connectivity index (χ4n) is 2.98. The zero-order valence-electron chi connectivity index (χ0n) is 17.8. The highest BCUT2D eigenvalue weighted by atomic mass is 16.5. The molecule has 3 aromatic carbocycles. The molecule has 0 unspecified atom stereocenters. The molecule has 3 aromatic rings. The Labute approximate surface area is 181 Å². The summed E-state index contributed by atoms with van der Waals surface area (Å²) < 4.78 is 16.0. The minimum Gasteiger partial charge on any atom is -0.493 e. The van der Waals surface area contributed by atoms with Gasteiger partial charge in [0.25, 0.3) is 0 Å². The molecule has 7 heteroatoms. The molecule has 0 fully saturated rings. The third-order valence-electron chi connectivity index (χ3n) is 4.55. The van der Waals surface area contributed by atoms with Crippen molar-refractivity contribution in [1.82, 2.24) is 0 Å². The second-order valence-corrected chi connectivity index (χ2v) is 6.66. The third kappa shape index (κ3) is 6.05. The molecule has 0 spiro atoms. The van der Waals surface area contributed by atoms with E-state index in [-0.39, 0.29) is 5.91 Å². The second kappa shape index (κ2) is 10.8. The van der Waals surface area contributed by atoms with Crippen molar-refractivity contribution in [3.63, 3.8) is 0 Å². The molecule has 0 saturated carbocycles. The zero-order valence-corrected chi connectivity index (χ0v) is 17.8. The van der Waals surface area contributed by atoms with Crippen molar-refractivity contribution in [1.29, 1.82) is 0 Å². The van der Waals surface area contributed by atoms with Gasteiger partial charge in [0.15, 0.2) is 11.5 Å². The van der Waals surface area contributed by atoms with Crippen molar-refractivity contribution >= 4 is 23.0 Å². The van der Waals surface area contributed by atoms with Gasteiger partial charge in [-0.05, 0) is 60.5 Å². The summed E-state index contributed by atoms with van der Waals surface area (Å²) in [4.78, 5) is 12.4. The molecule has 0 atom stereocenters. The number of aryl methyl sites for hydroxylation is 1. The topological polar surface area (TPSA) is 81.5 Å². The highest BCUT2D eigenvalue weighted by Gasteiger charge is 2.14. The van der Waals surface area contributed by atoms with Crippen LogP contribution in [-0.4, -0.2) is 27.2 Å². The van der Waals surface area contributed by atoms with Gasteiger partial charge in [0.2, 0.25) is 11.7 Å². The fraction of sp³-hybridized carbons (Fsp3) is 0.208. The molecule has 160 valence electrons. The number of ether oxygens (including phenoxy) is 3. The molecule has 1 N–H and O–H groups in total. The number of nitrogens with zero attached hydrogens (tertiary/aromatic N) is 2. The Kier molecular flexibility index (Phi) is 7.59. The second-order valence-electron chi connectivity index (χ2n) is 6.66. The maximum Gasteiger partial charge on any atom is 0.224 e. The van der Waals surface area contributed by atoms with Crippen LogP contribution in [-0.2, 0) is 11.2 Å². The lowest BCUT2D eigenvalue weighted by Gasteiger charge is -2.14. The van der Waals surface area contributed by atoms with Crippen LogP contribution in [0.1, 0.15) is 12.0 Å². The van der Waals surface area contributed by atoms with Gasteiger partial charge in [-0.3, -0.25) is 4.79 Å². The van der Waals surface area contributed by atoms with Gasteiger partial charge in [-0.15, -0.1) is 0 Å². The van der Waals surface area contributed by atoms with E-state index in [2.05, 4.69) is 15.5 Å². The summed E-state index contributed by atoms with van der Waals surface area (Å²) in [5, 5.41) is 11.3. The first-order valence-electron chi connectivity index (χ1n) is 9.78. The molecule has 1 amide bonds. The van der Waals surface area contributed by atoms with Crippen LogP contribution in [0.2, 0.25) is 0 Å². The lowest BCUT2D eigenvalue weighted by atomic mass is 10.1. The van der Waals surface area contributed by atoms with Gasteiger partial charge in [-0.2, -0.15) is 10.2 Å². The van der Waals surface area contributed by atoms with Crippen molar-refractivity contribution in [3.05, 3.63) is 72.3 Å². The summed E-state index contributed by atoms with van der Waals surface area (Å²) in [6, 6.07) is 20.4. The number of benzene rings is 3. The number of hydrogen-bond acceptors (Lipinski definition) is 6. The number of azo groups is 1. The van der Waals surface area contributed by atoms with Gasteiger partial charge in [-0.25, -0.2) is 0 Å². The van der Waals surface area contributed by atoms with E-state index in [1.807, 2.05) is 42.5 Å². The van der Waals surface area contributed by atoms with Crippen LogP contribution in [0.4, 0.5) is 17.1 Å². The summed E-state index contributed by atoms with van der Waals surface area (Å²) in [6.07, 6.45) is 0.847. The number of hydrogen-bond donors (Lipinski definition) is 1. The number of methoxy groups -OCH3 is 3. The van der Waals surface area contributed by atoms with E-state index in [1.54, 1.807) is 45.6 Å². The fourth-order valence-corrected chi connectivity index (χ4v) is 2.98. The smallest absolute Gasteiger partial charge is 0.224 e. The Balaban J connectivity index is 1.57. The van der Waals surface area contributed by atoms with Gasteiger partial charge in [0.05, 0.1) is 32.7 Å². The highest BCUT2D eigenvalue weighted by molar-refractivity contribution is 5.91. The average molecular weight is 419 g/mol. The van der Waals surface area contributed by atoms with E-state index < -0.39 is 0 Å². The van der Waals surface area contributed by atoms with Crippen molar-refractivity contribution in [3.8, 4) is 17.2 Å². The molecule has 7 nitrogen and oxygen atoms in total. The molecule has 0 aliphatic rings. The van der Waals surface area contributed by atoms with Crippen LogP contribution < -0.4 is 19.5 Å². The first-order valence-corrected chi connectivity index (χ1v) is 9.78. The number of carbonyl (C=O) groups is 1. The minimum atomic E-state index is -0.0904. The monoisotopic (exact) mass is 419 g/mol. The van der Waals surface area contributed by atoms with Gasteiger partial charge in [0.1, 0.15) is 0 Å². The summed E-state index contributed by atoms with van der Waals surface area (Å²) in [7, 11) is 4.69. The summed E-state index contributed by atoms with van der Waals surface area (Å²) in [6.45, 7) is 0. The SMILES string of the molecule is COc1cc(CCC(=O)Nc2ccc(N=Nc3ccccc3)cc2)cc(OC)c1OC. The molecule has 0 bridgehead atoms. The molecule has 3 rings (SSSR count). The quantitative estimate of drug-likeness (QED) is 0.451. The summed E-state index contributed by atoms with van der Waals surface area (Å²) in [5.41, 5.74) is 3.11. The van der Waals surface area contributed by atoms with E-state index in [0.717, 1.165) is 11.3 Å². The molecule has 31 heavy (non-hydrogen) atoms. The molecular weight excluding hydrogens is 394 g/mol. The Morgan fingerprint density at radius 1 is 0.806 bits per heavy atom. The van der Waals surface area contributed by atoms with Crippen LogP contribution in [0.25, 0.3) is 0 Å². The maximum absolute atomic E-state index is 12.4. The number of rotatable bonds is 9. The lowest BCUT2D eigenvalue weighted by Crippen LogP contribution is -2.12. The van der Waals surface area contributed by atoms with Crippen molar-refractivity contribution in [2.24, 2.45) is 10.2 Å². The molecular formula is C24H25N3O4. The van der Waals surface area contributed by atoms with Crippen molar-refractivity contribution in [2.75, 3.05) is 26.6 Å². The Hall–Kier alpha value is -3.87. The predicted octanol–water partition coefficient (Wildman–Crippen LogP) is 5.70. The summed E-state index contributed by atoms with van der Waals surface area (Å²) >= 11 is 0. The van der Waals surface area contributed by atoms with Crippen LogP contribution in [0.5, 0.6) is 17.2 Å². The van der Waals surface area contributed by atoms with E-state index in [1.165, 1.54) is 0 Å². The number of anilines is 1. The van der Waals surface area contributed by atoms with E-state index >= 15 is 0 Å². The van der Waals surface area contributed by atoms with E-state index in [9.17, 15) is 4.79 Å². The van der Waals surface area contributed by atoms with Gasteiger partial charge < -0.3 is 19.5 Å². The summed E-state index contributed by atoms with van der Waals surface area (Å²) in [5.74, 6) is 1.57.